The second kappa shape index (κ2) is 8.14. The summed E-state index contributed by atoms with van der Waals surface area (Å²) in [4.78, 5) is 18.1. The van der Waals surface area contributed by atoms with Crippen LogP contribution in [-0.4, -0.2) is 44.2 Å². The Morgan fingerprint density at radius 1 is 1.35 bits per heavy atom. The van der Waals surface area contributed by atoms with Gasteiger partial charge < -0.3 is 14.6 Å². The zero-order valence-corrected chi connectivity index (χ0v) is 16.1. The number of halogens is 3. The Balaban J connectivity index is 1.42. The lowest BCUT2D eigenvalue weighted by molar-refractivity contribution is -0.137. The van der Waals surface area contributed by atoms with Gasteiger partial charge in [0.1, 0.15) is 12.0 Å². The number of likely N-dealkylation sites (tertiary alicyclic amines) is 1. The Kier molecular flexibility index (Phi) is 5.37. The van der Waals surface area contributed by atoms with Crippen molar-refractivity contribution in [3.63, 3.8) is 0 Å². The highest BCUT2D eigenvalue weighted by Gasteiger charge is 2.34. The fraction of sp³-hybridized carbons (Fsp3) is 0.300. The fourth-order valence-corrected chi connectivity index (χ4v) is 3.55. The molecule has 3 heterocycles. The number of rotatable bonds is 5. The van der Waals surface area contributed by atoms with Crippen molar-refractivity contribution in [1.29, 1.82) is 5.26 Å². The standard InChI is InChI=1S/C20H17F3N6O2/c21-20(22,23)14-4-1-3-13(7-14)17-11-31-19(27-17)18(30)26-15-8-16(28(9-15)12-24)10-29-6-2-5-25-29/h1-7,11,15-16H,8-10H2,(H,26,30)/t15-,16+/m1/s1. The number of hydrogen-bond acceptors (Lipinski definition) is 6. The van der Waals surface area contributed by atoms with Crippen molar-refractivity contribution in [3.05, 3.63) is 60.4 Å². The molecule has 0 saturated carbocycles. The third kappa shape index (κ3) is 4.53. The van der Waals surface area contributed by atoms with E-state index in [0.29, 0.717) is 19.5 Å². The smallest absolute Gasteiger partial charge is 0.416 e. The molecule has 1 aliphatic rings. The van der Waals surface area contributed by atoms with Gasteiger partial charge in [-0.25, -0.2) is 4.98 Å². The fourth-order valence-electron chi connectivity index (χ4n) is 3.55. The Morgan fingerprint density at radius 3 is 2.90 bits per heavy atom. The maximum Gasteiger partial charge on any atom is 0.416 e. The van der Waals surface area contributed by atoms with Gasteiger partial charge in [-0.05, 0) is 24.6 Å². The number of carbonyl (C=O) groups excluding carboxylic acids is 1. The Labute approximate surface area is 174 Å². The monoisotopic (exact) mass is 430 g/mol. The second-order valence-electron chi connectivity index (χ2n) is 7.16. The maximum atomic E-state index is 12.9. The first-order valence-electron chi connectivity index (χ1n) is 9.41. The van der Waals surface area contributed by atoms with Gasteiger partial charge in [-0.3, -0.25) is 9.48 Å². The van der Waals surface area contributed by atoms with Crippen LogP contribution in [0.3, 0.4) is 0 Å². The predicted octanol–water partition coefficient (Wildman–Crippen LogP) is 2.91. The van der Waals surface area contributed by atoms with E-state index in [0.717, 1.165) is 18.4 Å². The Morgan fingerprint density at radius 2 is 2.19 bits per heavy atom. The first kappa shape index (κ1) is 20.5. The average Bonchev–Trinajstić information content (AvgIpc) is 3.49. The molecule has 4 rings (SSSR count). The van der Waals surface area contributed by atoms with Gasteiger partial charge in [0.05, 0.1) is 18.2 Å². The van der Waals surface area contributed by atoms with Crippen LogP contribution in [0, 0.1) is 11.5 Å². The highest BCUT2D eigenvalue weighted by atomic mass is 19.4. The van der Waals surface area contributed by atoms with Crippen LogP contribution in [0.2, 0.25) is 0 Å². The van der Waals surface area contributed by atoms with E-state index in [1.54, 1.807) is 28.0 Å². The first-order valence-corrected chi connectivity index (χ1v) is 9.41. The number of aromatic nitrogens is 3. The molecule has 1 aliphatic heterocycles. The number of nitriles is 1. The topological polar surface area (TPSA) is 100.0 Å². The normalized spacial score (nSPS) is 18.7. The van der Waals surface area contributed by atoms with Crippen molar-refractivity contribution >= 4 is 5.91 Å². The van der Waals surface area contributed by atoms with Gasteiger partial charge in [0.15, 0.2) is 6.19 Å². The molecule has 0 unspecified atom stereocenters. The number of carbonyl (C=O) groups is 1. The summed E-state index contributed by atoms with van der Waals surface area (Å²) in [6.07, 6.45) is 2.75. The van der Waals surface area contributed by atoms with Gasteiger partial charge in [-0.2, -0.15) is 23.5 Å². The van der Waals surface area contributed by atoms with Gasteiger partial charge in [0.25, 0.3) is 5.89 Å². The van der Waals surface area contributed by atoms with Crippen molar-refractivity contribution in [2.75, 3.05) is 6.54 Å². The molecule has 3 aromatic rings. The minimum atomic E-state index is -4.48. The number of hydrogen-bond donors (Lipinski definition) is 1. The molecule has 0 spiro atoms. The van der Waals surface area contributed by atoms with E-state index in [-0.39, 0.29) is 29.2 Å². The van der Waals surface area contributed by atoms with Crippen LogP contribution < -0.4 is 5.32 Å². The lowest BCUT2D eigenvalue weighted by Crippen LogP contribution is -2.36. The summed E-state index contributed by atoms with van der Waals surface area (Å²) in [5, 5.41) is 16.3. The quantitative estimate of drug-likeness (QED) is 0.625. The van der Waals surface area contributed by atoms with E-state index in [4.69, 9.17) is 4.42 Å². The Hall–Kier alpha value is -3.81. The molecule has 1 N–H and O–H groups in total. The molecule has 2 atom stereocenters. The van der Waals surface area contributed by atoms with Gasteiger partial charge in [0, 0.05) is 30.5 Å². The van der Waals surface area contributed by atoms with E-state index in [1.165, 1.54) is 12.1 Å². The lowest BCUT2D eigenvalue weighted by atomic mass is 10.1. The average molecular weight is 430 g/mol. The molecule has 1 fully saturated rings. The lowest BCUT2D eigenvalue weighted by Gasteiger charge is -2.17. The zero-order valence-electron chi connectivity index (χ0n) is 16.1. The van der Waals surface area contributed by atoms with Gasteiger partial charge in [0.2, 0.25) is 0 Å². The summed E-state index contributed by atoms with van der Waals surface area (Å²) < 4.78 is 45.6. The second-order valence-corrected chi connectivity index (χ2v) is 7.16. The van der Waals surface area contributed by atoms with Gasteiger partial charge >= 0.3 is 12.1 Å². The summed E-state index contributed by atoms with van der Waals surface area (Å²) in [6, 6.07) is 5.98. The van der Waals surface area contributed by atoms with E-state index in [2.05, 4.69) is 21.6 Å². The molecular weight excluding hydrogens is 413 g/mol. The van der Waals surface area contributed by atoms with Crippen LogP contribution in [-0.2, 0) is 12.7 Å². The molecule has 11 heteroatoms. The van der Waals surface area contributed by atoms with Crippen LogP contribution >= 0.6 is 0 Å². The number of oxazole rings is 1. The molecule has 8 nitrogen and oxygen atoms in total. The summed E-state index contributed by atoms with van der Waals surface area (Å²) in [6.45, 7) is 0.834. The molecule has 0 bridgehead atoms. The molecule has 0 radical (unpaired) electrons. The summed E-state index contributed by atoms with van der Waals surface area (Å²) >= 11 is 0. The van der Waals surface area contributed by atoms with E-state index in [1.807, 2.05) is 0 Å². The number of nitrogens with zero attached hydrogens (tertiary/aromatic N) is 5. The summed E-state index contributed by atoms with van der Waals surface area (Å²) in [7, 11) is 0. The minimum Gasteiger partial charge on any atom is -0.440 e. The van der Waals surface area contributed by atoms with Crippen molar-refractivity contribution in [1.82, 2.24) is 25.0 Å². The predicted molar refractivity (Wildman–Crippen MR) is 101 cm³/mol. The molecule has 31 heavy (non-hydrogen) atoms. The van der Waals surface area contributed by atoms with E-state index < -0.39 is 17.6 Å². The van der Waals surface area contributed by atoms with Crippen LogP contribution in [0.15, 0.2) is 53.4 Å². The third-order valence-electron chi connectivity index (χ3n) is 5.02. The van der Waals surface area contributed by atoms with Crippen LogP contribution in [0.5, 0.6) is 0 Å². The summed E-state index contributed by atoms with van der Waals surface area (Å²) in [5.74, 6) is -0.854. The molecule has 1 aromatic carbocycles. The number of alkyl halides is 3. The largest absolute Gasteiger partial charge is 0.440 e. The van der Waals surface area contributed by atoms with Crippen molar-refractivity contribution < 1.29 is 22.4 Å². The number of amides is 1. The maximum absolute atomic E-state index is 12.9. The van der Waals surface area contributed by atoms with Crippen molar-refractivity contribution in [2.24, 2.45) is 0 Å². The minimum absolute atomic E-state index is 0.123. The molecule has 0 aliphatic carbocycles. The van der Waals surface area contributed by atoms with Gasteiger partial charge in [-0.15, -0.1) is 0 Å². The van der Waals surface area contributed by atoms with Crippen LogP contribution in [0.4, 0.5) is 13.2 Å². The van der Waals surface area contributed by atoms with E-state index in [9.17, 15) is 23.2 Å². The molecule has 1 amide bonds. The SMILES string of the molecule is N#CN1C[C@H](NC(=O)c2nc(-c3cccc(C(F)(F)F)c3)co2)C[C@H]1Cn1cccn1. The zero-order chi connectivity index (χ0) is 22.0. The van der Waals surface area contributed by atoms with Crippen molar-refractivity contribution in [3.8, 4) is 17.5 Å². The van der Waals surface area contributed by atoms with Crippen LogP contribution in [0.1, 0.15) is 22.7 Å². The van der Waals surface area contributed by atoms with Crippen LogP contribution in [0.25, 0.3) is 11.3 Å². The molecule has 160 valence electrons. The highest BCUT2D eigenvalue weighted by molar-refractivity contribution is 5.90. The first-order chi connectivity index (χ1) is 14.8. The van der Waals surface area contributed by atoms with E-state index >= 15 is 0 Å². The van der Waals surface area contributed by atoms with Crippen molar-refractivity contribution in [2.45, 2.75) is 31.2 Å². The molecule has 2 aromatic heterocycles. The number of nitrogens with one attached hydrogen (secondary N) is 1. The summed E-state index contributed by atoms with van der Waals surface area (Å²) in [5.41, 5.74) is -0.504. The molecule has 1 saturated heterocycles. The highest BCUT2D eigenvalue weighted by Crippen LogP contribution is 2.32. The van der Waals surface area contributed by atoms with Gasteiger partial charge in [-0.1, -0.05) is 12.1 Å². The Bertz CT molecular complexity index is 1100. The number of benzene rings is 1. The third-order valence-corrected chi connectivity index (χ3v) is 5.02. The molecular formula is C20H17F3N6O2.